The van der Waals surface area contributed by atoms with Gasteiger partial charge in [-0.05, 0) is 32.9 Å². The highest BCUT2D eigenvalue weighted by Crippen LogP contribution is 2.41. The molecule has 76 valence electrons. The number of hydrogen-bond donors (Lipinski definition) is 1. The van der Waals surface area contributed by atoms with E-state index in [1.807, 2.05) is 36.9 Å². The molecule has 0 spiro atoms. The van der Waals surface area contributed by atoms with E-state index in [0.29, 0.717) is 10.8 Å². The first-order valence-electron chi connectivity index (χ1n) is 4.92. The lowest BCUT2D eigenvalue weighted by Gasteiger charge is -2.44. The van der Waals surface area contributed by atoms with Crippen molar-refractivity contribution in [2.24, 2.45) is 0 Å². The number of pyridine rings is 1. The van der Waals surface area contributed by atoms with Gasteiger partial charge in [0.2, 0.25) is 0 Å². The predicted octanol–water partition coefficient (Wildman–Crippen LogP) is 2.70. The fourth-order valence-electron chi connectivity index (χ4n) is 1.52. The summed E-state index contributed by atoms with van der Waals surface area (Å²) in [5.41, 5.74) is 1.07. The van der Waals surface area contributed by atoms with Gasteiger partial charge >= 0.3 is 0 Å². The third-order valence-electron chi connectivity index (χ3n) is 2.67. The van der Waals surface area contributed by atoms with Gasteiger partial charge in [0, 0.05) is 16.2 Å². The number of rotatable bonds is 2. The Bertz CT molecular complexity index is 336. The summed E-state index contributed by atoms with van der Waals surface area (Å²) in [7, 11) is 0. The fraction of sp³-hybridized carbons (Fsp3) is 0.545. The molecule has 1 atom stereocenters. The van der Waals surface area contributed by atoms with E-state index in [1.54, 1.807) is 0 Å². The van der Waals surface area contributed by atoms with Crippen LogP contribution in [0.25, 0.3) is 0 Å². The molecule has 1 N–H and O–H groups in total. The van der Waals surface area contributed by atoms with Crippen LogP contribution in [0.2, 0.25) is 0 Å². The second-order valence-corrected chi connectivity index (χ2v) is 5.95. The molecule has 0 aliphatic carbocycles. The molecule has 2 nitrogen and oxygen atoms in total. The molecule has 0 aromatic carbocycles. The summed E-state index contributed by atoms with van der Waals surface area (Å²) in [6.07, 6.45) is 0. The van der Waals surface area contributed by atoms with Gasteiger partial charge in [0.05, 0.1) is 6.04 Å². The lowest BCUT2D eigenvalue weighted by molar-refractivity contribution is 0.574. The largest absolute Gasteiger partial charge is 0.365 e. The van der Waals surface area contributed by atoms with E-state index in [4.69, 9.17) is 0 Å². The zero-order chi connectivity index (χ0) is 10.2. The van der Waals surface area contributed by atoms with E-state index in [-0.39, 0.29) is 0 Å². The van der Waals surface area contributed by atoms with Crippen LogP contribution in [-0.2, 0) is 0 Å². The van der Waals surface area contributed by atoms with Crippen LogP contribution in [0, 0.1) is 6.92 Å². The van der Waals surface area contributed by atoms with Crippen LogP contribution < -0.4 is 5.32 Å². The smallest absolute Gasteiger partial charge is 0.126 e. The van der Waals surface area contributed by atoms with Gasteiger partial charge in [-0.3, -0.25) is 0 Å². The summed E-state index contributed by atoms with van der Waals surface area (Å²) in [5.74, 6) is 2.19. The highest BCUT2D eigenvalue weighted by molar-refractivity contribution is 8.02. The normalized spacial score (nSPS) is 24.1. The highest BCUT2D eigenvalue weighted by atomic mass is 32.2. The van der Waals surface area contributed by atoms with Crippen molar-refractivity contribution >= 4 is 17.6 Å². The Morgan fingerprint density at radius 3 is 2.79 bits per heavy atom. The minimum absolute atomic E-state index is 0.353. The lowest BCUT2D eigenvalue weighted by Crippen LogP contribution is -2.50. The molecule has 2 heterocycles. The van der Waals surface area contributed by atoms with Crippen molar-refractivity contribution in [3.8, 4) is 0 Å². The Labute approximate surface area is 89.5 Å². The summed E-state index contributed by atoms with van der Waals surface area (Å²) in [6, 6.07) is 6.66. The molecule has 0 radical (unpaired) electrons. The molecule has 1 aliphatic heterocycles. The first-order chi connectivity index (χ1) is 6.58. The first kappa shape index (κ1) is 9.84. The Morgan fingerprint density at radius 2 is 2.29 bits per heavy atom. The van der Waals surface area contributed by atoms with Crippen molar-refractivity contribution in [3.05, 3.63) is 23.9 Å². The Kier molecular flexibility index (Phi) is 2.43. The topological polar surface area (TPSA) is 24.9 Å². The molecular weight excluding hydrogens is 192 g/mol. The molecule has 1 unspecified atom stereocenters. The summed E-state index contributed by atoms with van der Waals surface area (Å²) >= 11 is 2.00. The fourth-order valence-corrected chi connectivity index (χ4v) is 2.66. The molecular formula is C11H16N2S. The van der Waals surface area contributed by atoms with Crippen molar-refractivity contribution in [1.29, 1.82) is 0 Å². The van der Waals surface area contributed by atoms with Crippen molar-refractivity contribution in [1.82, 2.24) is 4.98 Å². The van der Waals surface area contributed by atoms with Gasteiger partial charge in [0.1, 0.15) is 5.82 Å². The minimum Gasteiger partial charge on any atom is -0.365 e. The molecule has 1 saturated heterocycles. The SMILES string of the molecule is Cc1cccc(NC2CSC2(C)C)n1. The van der Waals surface area contributed by atoms with Gasteiger partial charge in [-0.25, -0.2) is 4.98 Å². The van der Waals surface area contributed by atoms with Gasteiger partial charge in [-0.2, -0.15) is 11.8 Å². The minimum atomic E-state index is 0.353. The standard InChI is InChI=1S/C11H16N2S/c1-8-5-4-6-10(12-8)13-9-7-14-11(9,2)3/h4-6,9H,7H2,1-3H3,(H,12,13). The quantitative estimate of drug-likeness (QED) is 0.809. The van der Waals surface area contributed by atoms with Gasteiger partial charge in [0.15, 0.2) is 0 Å². The Balaban J connectivity index is 2.05. The molecule has 1 aromatic rings. The first-order valence-corrected chi connectivity index (χ1v) is 5.91. The van der Waals surface area contributed by atoms with E-state index in [0.717, 1.165) is 11.5 Å². The number of aromatic nitrogens is 1. The van der Waals surface area contributed by atoms with Gasteiger partial charge in [-0.1, -0.05) is 6.07 Å². The van der Waals surface area contributed by atoms with E-state index in [9.17, 15) is 0 Å². The summed E-state index contributed by atoms with van der Waals surface area (Å²) in [5, 5.41) is 3.48. The summed E-state index contributed by atoms with van der Waals surface area (Å²) in [6.45, 7) is 6.56. The Hall–Kier alpha value is -0.700. The number of nitrogens with zero attached hydrogens (tertiary/aromatic N) is 1. The number of thioether (sulfide) groups is 1. The monoisotopic (exact) mass is 208 g/mol. The van der Waals surface area contributed by atoms with Crippen LogP contribution in [0.4, 0.5) is 5.82 Å². The average molecular weight is 208 g/mol. The zero-order valence-electron chi connectivity index (χ0n) is 8.87. The van der Waals surface area contributed by atoms with E-state index in [1.165, 1.54) is 5.75 Å². The molecule has 0 saturated carbocycles. The summed E-state index contributed by atoms with van der Waals surface area (Å²) < 4.78 is 0.353. The molecule has 1 aliphatic rings. The van der Waals surface area contributed by atoms with Crippen LogP contribution in [0.1, 0.15) is 19.5 Å². The lowest BCUT2D eigenvalue weighted by atomic mass is 10.0. The molecule has 0 bridgehead atoms. The molecule has 1 fully saturated rings. The van der Waals surface area contributed by atoms with Crippen LogP contribution in [0.5, 0.6) is 0 Å². The maximum absolute atomic E-state index is 4.44. The highest BCUT2D eigenvalue weighted by Gasteiger charge is 2.39. The number of aryl methyl sites for hydroxylation is 1. The third-order valence-corrected chi connectivity index (χ3v) is 4.20. The Morgan fingerprint density at radius 1 is 1.50 bits per heavy atom. The number of hydrogen-bond acceptors (Lipinski definition) is 3. The van der Waals surface area contributed by atoms with E-state index in [2.05, 4.69) is 24.1 Å². The zero-order valence-corrected chi connectivity index (χ0v) is 9.69. The van der Waals surface area contributed by atoms with Crippen molar-refractivity contribution in [2.75, 3.05) is 11.1 Å². The van der Waals surface area contributed by atoms with Crippen LogP contribution in [0.3, 0.4) is 0 Å². The maximum Gasteiger partial charge on any atom is 0.126 e. The van der Waals surface area contributed by atoms with Crippen molar-refractivity contribution in [3.63, 3.8) is 0 Å². The maximum atomic E-state index is 4.44. The number of nitrogens with one attached hydrogen (secondary N) is 1. The predicted molar refractivity (Wildman–Crippen MR) is 62.9 cm³/mol. The molecule has 2 rings (SSSR count). The van der Waals surface area contributed by atoms with Gasteiger partial charge < -0.3 is 5.32 Å². The second-order valence-electron chi connectivity index (χ2n) is 4.28. The van der Waals surface area contributed by atoms with E-state index >= 15 is 0 Å². The van der Waals surface area contributed by atoms with Gasteiger partial charge in [-0.15, -0.1) is 0 Å². The molecule has 14 heavy (non-hydrogen) atoms. The summed E-state index contributed by atoms with van der Waals surface area (Å²) in [4.78, 5) is 4.44. The third kappa shape index (κ3) is 1.87. The average Bonchev–Trinajstić information content (AvgIpc) is 2.13. The van der Waals surface area contributed by atoms with Crippen LogP contribution in [0.15, 0.2) is 18.2 Å². The molecule has 3 heteroatoms. The van der Waals surface area contributed by atoms with Crippen molar-refractivity contribution in [2.45, 2.75) is 31.6 Å². The van der Waals surface area contributed by atoms with Crippen molar-refractivity contribution < 1.29 is 0 Å². The van der Waals surface area contributed by atoms with Crippen LogP contribution in [-0.4, -0.2) is 21.5 Å². The second kappa shape index (κ2) is 3.46. The molecule has 0 amide bonds. The van der Waals surface area contributed by atoms with Crippen LogP contribution >= 0.6 is 11.8 Å². The number of anilines is 1. The molecule has 1 aromatic heterocycles. The van der Waals surface area contributed by atoms with Gasteiger partial charge in [0.25, 0.3) is 0 Å². The van der Waals surface area contributed by atoms with E-state index < -0.39 is 0 Å².